The van der Waals surface area contributed by atoms with E-state index in [1.165, 1.54) is 0 Å². The molecule has 108 valence electrons. The summed E-state index contributed by atoms with van der Waals surface area (Å²) in [5.41, 5.74) is 2.32. The molecule has 0 heterocycles. The number of hydrogen-bond acceptors (Lipinski definition) is 1. The van der Waals surface area contributed by atoms with E-state index in [2.05, 4.69) is 26.8 Å². The molecule has 1 nitrogen and oxygen atoms in total. The summed E-state index contributed by atoms with van der Waals surface area (Å²) in [7, 11) is 0. The summed E-state index contributed by atoms with van der Waals surface area (Å²) < 4.78 is 0. The van der Waals surface area contributed by atoms with Crippen molar-refractivity contribution < 1.29 is 0 Å². The Hall–Kier alpha value is -0.790. The van der Waals surface area contributed by atoms with Crippen LogP contribution in [0.5, 0.6) is 0 Å². The van der Waals surface area contributed by atoms with Gasteiger partial charge in [-0.3, -0.25) is 4.99 Å². The van der Waals surface area contributed by atoms with Gasteiger partial charge < -0.3 is 0 Å². The topological polar surface area (TPSA) is 12.4 Å². The van der Waals surface area contributed by atoms with E-state index in [1.54, 1.807) is 5.57 Å². The molecule has 1 unspecified atom stereocenters. The first kappa shape index (κ1) is 15.6. The van der Waals surface area contributed by atoms with Crippen LogP contribution < -0.4 is 0 Å². The van der Waals surface area contributed by atoms with Gasteiger partial charge in [0.2, 0.25) is 0 Å². The molecule has 1 aromatic rings. The molecule has 20 heavy (non-hydrogen) atoms. The molecule has 0 amide bonds. The summed E-state index contributed by atoms with van der Waals surface area (Å²) in [5.74, 6) is 0.640. The van der Waals surface area contributed by atoms with Crippen LogP contribution in [0, 0.1) is 5.92 Å². The molecule has 0 saturated carbocycles. The second-order valence-corrected chi connectivity index (χ2v) is 6.84. The smallest absolute Gasteiger partial charge is 0.0617 e. The predicted molar refractivity (Wildman–Crippen MR) is 89.2 cm³/mol. The maximum absolute atomic E-state index is 6.17. The monoisotopic (exact) mass is 309 g/mol. The number of allylic oxidation sites excluding steroid dienone is 1. The molecule has 0 N–H and O–H groups in total. The van der Waals surface area contributed by atoms with Gasteiger partial charge in [0, 0.05) is 11.8 Å². The van der Waals surface area contributed by atoms with Crippen molar-refractivity contribution in [1.82, 2.24) is 0 Å². The molecule has 1 atom stereocenters. The lowest BCUT2D eigenvalue weighted by Crippen LogP contribution is -2.25. The van der Waals surface area contributed by atoms with Crippen molar-refractivity contribution in [3.05, 3.63) is 45.5 Å². The van der Waals surface area contributed by atoms with E-state index < -0.39 is 0 Å². The molecule has 0 fully saturated rings. The zero-order valence-electron chi connectivity index (χ0n) is 12.3. The van der Waals surface area contributed by atoms with Crippen LogP contribution in [0.3, 0.4) is 0 Å². The second-order valence-electron chi connectivity index (χ2n) is 6.03. The van der Waals surface area contributed by atoms with Gasteiger partial charge in [0.1, 0.15) is 0 Å². The zero-order valence-corrected chi connectivity index (χ0v) is 13.8. The fourth-order valence-corrected chi connectivity index (χ4v) is 2.96. The highest BCUT2D eigenvalue weighted by Gasteiger charge is 2.26. The lowest BCUT2D eigenvalue weighted by molar-refractivity contribution is 0.411. The molecule has 0 aliphatic heterocycles. The second kappa shape index (κ2) is 6.32. The minimum Gasteiger partial charge on any atom is -0.286 e. The molecule has 3 heteroatoms. The molecule has 0 saturated heterocycles. The highest BCUT2D eigenvalue weighted by molar-refractivity contribution is 6.38. The Morgan fingerprint density at radius 1 is 1.25 bits per heavy atom. The van der Waals surface area contributed by atoms with E-state index in [4.69, 9.17) is 28.2 Å². The summed E-state index contributed by atoms with van der Waals surface area (Å²) in [4.78, 5) is 4.76. The van der Waals surface area contributed by atoms with Crippen molar-refractivity contribution in [2.24, 2.45) is 10.9 Å². The van der Waals surface area contributed by atoms with Crippen LogP contribution in [0.4, 0.5) is 0 Å². The lowest BCUT2D eigenvalue weighted by Gasteiger charge is -2.30. The Morgan fingerprint density at radius 3 is 2.40 bits per heavy atom. The van der Waals surface area contributed by atoms with Gasteiger partial charge in [-0.15, -0.1) is 0 Å². The minimum atomic E-state index is -0.0408. The largest absolute Gasteiger partial charge is 0.286 e. The fourth-order valence-electron chi connectivity index (χ4n) is 2.46. The molecular formula is C17H21Cl2N. The Morgan fingerprint density at radius 2 is 1.90 bits per heavy atom. The number of aliphatic imine (C=N–C) groups is 1. The van der Waals surface area contributed by atoms with E-state index in [0.29, 0.717) is 16.0 Å². The number of halogens is 2. The van der Waals surface area contributed by atoms with Gasteiger partial charge in [-0.05, 0) is 44.2 Å². The first-order valence-electron chi connectivity index (χ1n) is 7.09. The van der Waals surface area contributed by atoms with Gasteiger partial charge in [-0.1, -0.05) is 54.8 Å². The van der Waals surface area contributed by atoms with Crippen molar-refractivity contribution in [2.75, 3.05) is 0 Å². The van der Waals surface area contributed by atoms with E-state index in [1.807, 2.05) is 24.4 Å². The number of nitrogens with zero attached hydrogens (tertiary/aromatic N) is 1. The van der Waals surface area contributed by atoms with E-state index in [-0.39, 0.29) is 5.54 Å². The van der Waals surface area contributed by atoms with Gasteiger partial charge in [0.05, 0.1) is 15.6 Å². The minimum absolute atomic E-state index is 0.0408. The van der Waals surface area contributed by atoms with Crippen molar-refractivity contribution in [3.8, 4) is 0 Å². The lowest BCUT2D eigenvalue weighted by atomic mass is 9.81. The maximum atomic E-state index is 6.17. The third-order valence-corrected chi connectivity index (χ3v) is 4.66. The Balaban J connectivity index is 2.16. The van der Waals surface area contributed by atoms with Crippen LogP contribution in [0.25, 0.3) is 0 Å². The summed E-state index contributed by atoms with van der Waals surface area (Å²) in [6, 6.07) is 5.53. The average Bonchev–Trinajstić information content (AvgIpc) is 2.38. The van der Waals surface area contributed by atoms with E-state index in [9.17, 15) is 0 Å². The summed E-state index contributed by atoms with van der Waals surface area (Å²) >= 11 is 12.3. The first-order chi connectivity index (χ1) is 9.41. The van der Waals surface area contributed by atoms with Crippen LogP contribution in [0.15, 0.2) is 34.8 Å². The van der Waals surface area contributed by atoms with Crippen LogP contribution in [-0.2, 0) is 0 Å². The third kappa shape index (κ3) is 3.65. The number of benzene rings is 1. The van der Waals surface area contributed by atoms with Crippen molar-refractivity contribution in [2.45, 2.75) is 45.6 Å². The first-order valence-corrected chi connectivity index (χ1v) is 7.85. The van der Waals surface area contributed by atoms with Crippen LogP contribution in [0.2, 0.25) is 10.0 Å². The molecular weight excluding hydrogens is 289 g/mol. The molecule has 0 spiro atoms. The molecule has 0 radical (unpaired) electrons. The summed E-state index contributed by atoms with van der Waals surface area (Å²) in [6.45, 7) is 6.70. The summed E-state index contributed by atoms with van der Waals surface area (Å²) in [6.07, 6.45) is 7.37. The van der Waals surface area contributed by atoms with Crippen molar-refractivity contribution >= 4 is 29.4 Å². The number of hydrogen-bond donors (Lipinski definition) is 0. The molecule has 1 aliphatic rings. The quantitative estimate of drug-likeness (QED) is 0.484. The fraction of sp³-hybridized carbons (Fsp3) is 0.471. The van der Waals surface area contributed by atoms with Crippen molar-refractivity contribution in [1.29, 1.82) is 0 Å². The third-order valence-electron chi connectivity index (χ3n) is 4.00. The Bertz CT molecular complexity index is 526. The standard InChI is InChI=1S/C17H21Cl2N/c1-12(2)13-7-9-17(3,10-8-13)20-11-14-15(18)5-4-6-16(14)19/h4-7,11-12H,8-10H2,1-3H3. The van der Waals surface area contributed by atoms with E-state index >= 15 is 0 Å². The molecule has 1 aromatic carbocycles. The van der Waals surface area contributed by atoms with E-state index in [0.717, 1.165) is 24.8 Å². The van der Waals surface area contributed by atoms with Crippen molar-refractivity contribution in [3.63, 3.8) is 0 Å². The van der Waals surface area contributed by atoms with Gasteiger partial charge in [0.25, 0.3) is 0 Å². The van der Waals surface area contributed by atoms with Crippen LogP contribution >= 0.6 is 23.2 Å². The zero-order chi connectivity index (χ0) is 14.8. The predicted octanol–water partition coefficient (Wildman–Crippen LogP) is 5.94. The maximum Gasteiger partial charge on any atom is 0.0617 e. The highest BCUT2D eigenvalue weighted by atomic mass is 35.5. The van der Waals surface area contributed by atoms with Gasteiger partial charge >= 0.3 is 0 Å². The average molecular weight is 310 g/mol. The van der Waals surface area contributed by atoms with Crippen LogP contribution in [-0.4, -0.2) is 11.8 Å². The molecule has 0 aromatic heterocycles. The normalized spacial score (nSPS) is 23.4. The molecule has 2 rings (SSSR count). The molecule has 1 aliphatic carbocycles. The molecule has 0 bridgehead atoms. The Kier molecular flexibility index (Phi) is 4.93. The van der Waals surface area contributed by atoms with Crippen LogP contribution in [0.1, 0.15) is 45.6 Å². The van der Waals surface area contributed by atoms with Gasteiger partial charge in [-0.2, -0.15) is 0 Å². The Labute approximate surface area is 131 Å². The highest BCUT2D eigenvalue weighted by Crippen LogP contribution is 2.34. The number of rotatable bonds is 3. The summed E-state index contributed by atoms with van der Waals surface area (Å²) in [5, 5.41) is 1.30. The SMILES string of the molecule is CC(C)C1=CCC(C)(N=Cc2c(Cl)cccc2Cl)CC1. The van der Waals surface area contributed by atoms with Gasteiger partial charge in [0.15, 0.2) is 0 Å². The van der Waals surface area contributed by atoms with Gasteiger partial charge in [-0.25, -0.2) is 0 Å².